The molecule has 0 amide bonds. The number of rotatable bonds is 4. The maximum absolute atomic E-state index is 6.82. The van der Waals surface area contributed by atoms with Gasteiger partial charge in [-0.1, -0.05) is 117 Å². The molecule has 0 saturated carbocycles. The summed E-state index contributed by atoms with van der Waals surface area (Å²) in [6, 6.07) is 54.6. The van der Waals surface area contributed by atoms with Crippen LogP contribution in [0, 0.1) is 0 Å². The number of hydrogen-bond acceptors (Lipinski definition) is 2. The first kappa shape index (κ1) is 25.9. The van der Waals surface area contributed by atoms with Crippen molar-refractivity contribution in [1.82, 2.24) is 0 Å². The van der Waals surface area contributed by atoms with Gasteiger partial charge in [-0.15, -0.1) is 0 Å². The van der Waals surface area contributed by atoms with Crippen molar-refractivity contribution in [2.24, 2.45) is 0 Å². The van der Waals surface area contributed by atoms with Gasteiger partial charge in [-0.25, -0.2) is 0 Å². The minimum atomic E-state index is -0.0786. The Kier molecular flexibility index (Phi) is 5.58. The zero-order valence-electron chi connectivity index (χ0n) is 25.3. The quantitative estimate of drug-likeness (QED) is 0.207. The Morgan fingerprint density at radius 1 is 0.489 bits per heavy atom. The van der Waals surface area contributed by atoms with Crippen LogP contribution in [0.4, 0.5) is 17.1 Å². The summed E-state index contributed by atoms with van der Waals surface area (Å²) in [6.45, 7) is 4.63. The molecule has 0 N–H and O–H groups in total. The second-order valence-corrected chi connectivity index (χ2v) is 12.6. The maximum Gasteiger partial charge on any atom is 0.159 e. The molecule has 0 fully saturated rings. The van der Waals surface area contributed by atoms with Crippen molar-refractivity contribution >= 4 is 49.8 Å². The first-order valence-corrected chi connectivity index (χ1v) is 15.6. The molecule has 1 aliphatic rings. The molecule has 0 atom stereocenters. The first-order valence-electron chi connectivity index (χ1n) is 15.6. The lowest BCUT2D eigenvalue weighted by molar-refractivity contribution is 0.647. The van der Waals surface area contributed by atoms with Crippen LogP contribution in [-0.2, 0) is 5.41 Å². The van der Waals surface area contributed by atoms with E-state index in [1.165, 1.54) is 44.2 Å². The van der Waals surface area contributed by atoms with E-state index in [0.717, 1.165) is 39.0 Å². The van der Waals surface area contributed by atoms with Crippen LogP contribution in [0.25, 0.3) is 55.0 Å². The fraction of sp³-hybridized carbons (Fsp3) is 0.0698. The average molecular weight is 578 g/mol. The van der Waals surface area contributed by atoms with E-state index >= 15 is 0 Å². The highest BCUT2D eigenvalue weighted by molar-refractivity contribution is 6.12. The Bertz CT molecular complexity index is 2400. The summed E-state index contributed by atoms with van der Waals surface area (Å²) >= 11 is 0. The van der Waals surface area contributed by atoms with Crippen LogP contribution in [0.2, 0.25) is 0 Å². The Balaban J connectivity index is 1.20. The molecule has 1 aliphatic carbocycles. The molecule has 45 heavy (non-hydrogen) atoms. The van der Waals surface area contributed by atoms with Gasteiger partial charge in [0.15, 0.2) is 5.58 Å². The fourth-order valence-corrected chi connectivity index (χ4v) is 7.33. The second kappa shape index (κ2) is 9.70. The van der Waals surface area contributed by atoms with E-state index in [9.17, 15) is 0 Å². The van der Waals surface area contributed by atoms with E-state index in [1.807, 2.05) is 0 Å². The van der Waals surface area contributed by atoms with Crippen molar-refractivity contribution in [3.05, 3.63) is 163 Å². The summed E-state index contributed by atoms with van der Waals surface area (Å²) < 4.78 is 6.82. The van der Waals surface area contributed by atoms with Gasteiger partial charge >= 0.3 is 0 Å². The van der Waals surface area contributed by atoms with Gasteiger partial charge in [0.1, 0.15) is 5.58 Å². The van der Waals surface area contributed by atoms with E-state index in [2.05, 4.69) is 170 Å². The van der Waals surface area contributed by atoms with Crippen LogP contribution < -0.4 is 4.90 Å². The van der Waals surface area contributed by atoms with Crippen LogP contribution in [0.5, 0.6) is 0 Å². The molecule has 7 aromatic carbocycles. The summed E-state index contributed by atoms with van der Waals surface area (Å²) in [5.74, 6) is 0. The zero-order valence-corrected chi connectivity index (χ0v) is 25.3. The number of para-hydroxylation sites is 2. The minimum Gasteiger partial charge on any atom is -0.454 e. The van der Waals surface area contributed by atoms with E-state index < -0.39 is 0 Å². The first-order chi connectivity index (χ1) is 22.1. The monoisotopic (exact) mass is 577 g/mol. The number of hydrogen-bond donors (Lipinski definition) is 0. The van der Waals surface area contributed by atoms with Gasteiger partial charge in [0.05, 0.1) is 5.69 Å². The Hall–Kier alpha value is -5.60. The van der Waals surface area contributed by atoms with Gasteiger partial charge in [0.25, 0.3) is 0 Å². The molecule has 0 saturated heterocycles. The third-order valence-electron chi connectivity index (χ3n) is 9.64. The third-order valence-corrected chi connectivity index (χ3v) is 9.64. The van der Waals surface area contributed by atoms with Crippen molar-refractivity contribution < 1.29 is 4.42 Å². The van der Waals surface area contributed by atoms with Gasteiger partial charge in [0.2, 0.25) is 0 Å². The summed E-state index contributed by atoms with van der Waals surface area (Å²) in [5, 5.41) is 4.78. The van der Waals surface area contributed by atoms with Gasteiger partial charge < -0.3 is 9.32 Å². The standard InChI is InChI=1S/C43H31NO/c1-43(2)38-17-9-8-15-34(38)36-26-37-35-16-10-18-40(42(35)45-41(37)27-39(36)43)44(32-13-4-3-5-14-32)33-23-21-29(22-24-33)31-20-19-28-11-6-7-12-30(28)25-31/h3-27H,1-2H3. The molecule has 2 nitrogen and oxygen atoms in total. The summed E-state index contributed by atoms with van der Waals surface area (Å²) in [4.78, 5) is 2.31. The van der Waals surface area contributed by atoms with Crippen LogP contribution >= 0.6 is 0 Å². The Morgan fingerprint density at radius 2 is 1.20 bits per heavy atom. The molecule has 1 heterocycles. The van der Waals surface area contributed by atoms with Crippen molar-refractivity contribution in [2.45, 2.75) is 19.3 Å². The molecule has 9 rings (SSSR count). The highest BCUT2D eigenvalue weighted by Gasteiger charge is 2.36. The molecule has 0 radical (unpaired) electrons. The topological polar surface area (TPSA) is 16.4 Å². The predicted octanol–water partition coefficient (Wildman–Crippen LogP) is 12.2. The van der Waals surface area contributed by atoms with E-state index in [-0.39, 0.29) is 5.41 Å². The van der Waals surface area contributed by atoms with Gasteiger partial charge in [-0.3, -0.25) is 0 Å². The van der Waals surface area contributed by atoms with E-state index in [0.29, 0.717) is 0 Å². The maximum atomic E-state index is 6.82. The van der Waals surface area contributed by atoms with Crippen molar-refractivity contribution in [1.29, 1.82) is 0 Å². The summed E-state index contributed by atoms with van der Waals surface area (Å²) in [7, 11) is 0. The van der Waals surface area contributed by atoms with E-state index in [1.54, 1.807) is 0 Å². The summed E-state index contributed by atoms with van der Waals surface area (Å²) in [6.07, 6.45) is 0. The molecule has 0 bridgehead atoms. The normalized spacial score (nSPS) is 13.3. The molecule has 8 aromatic rings. The average Bonchev–Trinajstić information content (AvgIpc) is 3.57. The van der Waals surface area contributed by atoms with Crippen molar-refractivity contribution in [3.63, 3.8) is 0 Å². The lowest BCUT2D eigenvalue weighted by Gasteiger charge is -2.25. The lowest BCUT2D eigenvalue weighted by Crippen LogP contribution is -2.14. The lowest BCUT2D eigenvalue weighted by atomic mass is 9.82. The van der Waals surface area contributed by atoms with E-state index in [4.69, 9.17) is 4.42 Å². The smallest absolute Gasteiger partial charge is 0.159 e. The number of furan rings is 1. The zero-order chi connectivity index (χ0) is 30.1. The Morgan fingerprint density at radius 3 is 2.04 bits per heavy atom. The van der Waals surface area contributed by atoms with Gasteiger partial charge in [-0.2, -0.15) is 0 Å². The minimum absolute atomic E-state index is 0.0786. The number of benzene rings is 7. The van der Waals surface area contributed by atoms with Crippen molar-refractivity contribution in [2.75, 3.05) is 4.90 Å². The molecule has 1 aromatic heterocycles. The second-order valence-electron chi connectivity index (χ2n) is 12.6. The molecule has 0 spiro atoms. The van der Waals surface area contributed by atoms with Crippen LogP contribution in [-0.4, -0.2) is 0 Å². The van der Waals surface area contributed by atoms with Crippen molar-refractivity contribution in [3.8, 4) is 22.3 Å². The molecule has 0 aliphatic heterocycles. The SMILES string of the molecule is CC1(C)c2ccccc2-c2cc3c(cc21)oc1c(N(c2ccccc2)c2ccc(-c4ccc5ccccc5c4)cc2)cccc13. The highest BCUT2D eigenvalue weighted by Crippen LogP contribution is 2.51. The summed E-state index contributed by atoms with van der Waals surface area (Å²) in [5.41, 5.74) is 12.7. The van der Waals surface area contributed by atoms with Crippen LogP contribution in [0.1, 0.15) is 25.0 Å². The molecule has 214 valence electrons. The largest absolute Gasteiger partial charge is 0.454 e. The molecular formula is C43H31NO. The van der Waals surface area contributed by atoms with Gasteiger partial charge in [-0.05, 0) is 92.7 Å². The third kappa shape index (κ3) is 3.96. The Labute approximate surface area is 262 Å². The fourth-order valence-electron chi connectivity index (χ4n) is 7.33. The number of fused-ring (bicyclic) bond motifs is 7. The molecule has 0 unspecified atom stereocenters. The van der Waals surface area contributed by atoms with Crippen LogP contribution in [0.3, 0.4) is 0 Å². The van der Waals surface area contributed by atoms with Crippen LogP contribution in [0.15, 0.2) is 156 Å². The number of anilines is 3. The predicted molar refractivity (Wildman–Crippen MR) is 189 cm³/mol. The highest BCUT2D eigenvalue weighted by atomic mass is 16.3. The number of nitrogens with zero attached hydrogens (tertiary/aromatic N) is 1. The molecule has 2 heteroatoms. The van der Waals surface area contributed by atoms with Gasteiger partial charge in [0, 0.05) is 27.6 Å². The molecular weight excluding hydrogens is 546 g/mol.